The molecule has 1 aromatic heterocycles. The van der Waals surface area contributed by atoms with Crippen LogP contribution in [-0.2, 0) is 6.54 Å². The van der Waals surface area contributed by atoms with E-state index in [2.05, 4.69) is 75.9 Å². The smallest absolute Gasteiger partial charge is 0.138 e. The average molecular weight is 325 g/mol. The van der Waals surface area contributed by atoms with Crippen molar-refractivity contribution in [2.75, 3.05) is 5.32 Å². The molecule has 3 aromatic carbocycles. The van der Waals surface area contributed by atoms with Crippen molar-refractivity contribution in [3.8, 4) is 11.1 Å². The first-order valence-corrected chi connectivity index (χ1v) is 8.42. The Kier molecular flexibility index (Phi) is 4.13. The first kappa shape index (κ1) is 15.3. The summed E-state index contributed by atoms with van der Waals surface area (Å²) in [5.74, 6) is 1.65. The minimum atomic E-state index is 0.732. The van der Waals surface area contributed by atoms with E-state index in [1.54, 1.807) is 0 Å². The molecule has 25 heavy (non-hydrogen) atoms. The lowest BCUT2D eigenvalue weighted by Gasteiger charge is -2.13. The summed E-state index contributed by atoms with van der Waals surface area (Å²) < 4.78 is 0. The summed E-state index contributed by atoms with van der Waals surface area (Å²) in [6.07, 6.45) is 0. The number of benzene rings is 3. The first-order valence-electron chi connectivity index (χ1n) is 8.42. The fourth-order valence-corrected chi connectivity index (χ4v) is 3.07. The molecule has 0 fully saturated rings. The third-order valence-corrected chi connectivity index (χ3v) is 4.22. The molecular weight excluding hydrogens is 306 g/mol. The topological polar surface area (TPSA) is 37.8 Å². The van der Waals surface area contributed by atoms with E-state index in [1.165, 1.54) is 11.1 Å². The van der Waals surface area contributed by atoms with Gasteiger partial charge in [-0.2, -0.15) is 0 Å². The highest BCUT2D eigenvalue weighted by atomic mass is 15.0. The van der Waals surface area contributed by atoms with Gasteiger partial charge in [-0.3, -0.25) is 0 Å². The van der Waals surface area contributed by atoms with E-state index in [0.717, 1.165) is 34.7 Å². The van der Waals surface area contributed by atoms with Gasteiger partial charge in [0, 0.05) is 6.54 Å². The number of hydrogen-bond donors (Lipinski definition) is 1. The Morgan fingerprint density at radius 2 is 1.48 bits per heavy atom. The maximum Gasteiger partial charge on any atom is 0.138 e. The van der Waals surface area contributed by atoms with Crippen LogP contribution in [0.3, 0.4) is 0 Å². The van der Waals surface area contributed by atoms with Gasteiger partial charge in [-0.1, -0.05) is 72.8 Å². The van der Waals surface area contributed by atoms with Crippen molar-refractivity contribution in [3.63, 3.8) is 0 Å². The SMILES string of the molecule is Cc1nc(NCc2ccccc2)c2c(-c3ccccc3)cccc2n1. The summed E-state index contributed by atoms with van der Waals surface area (Å²) in [5, 5.41) is 4.57. The Morgan fingerprint density at radius 1 is 0.760 bits per heavy atom. The van der Waals surface area contributed by atoms with Gasteiger partial charge in [-0.15, -0.1) is 0 Å². The second kappa shape index (κ2) is 6.73. The van der Waals surface area contributed by atoms with Crippen LogP contribution in [0.2, 0.25) is 0 Å². The summed E-state index contributed by atoms with van der Waals surface area (Å²) in [4.78, 5) is 9.31. The molecule has 0 saturated heterocycles. The van der Waals surface area contributed by atoms with Crippen LogP contribution in [0, 0.1) is 6.92 Å². The fourth-order valence-electron chi connectivity index (χ4n) is 3.07. The Balaban J connectivity index is 1.82. The molecule has 3 nitrogen and oxygen atoms in total. The van der Waals surface area contributed by atoms with Crippen LogP contribution in [0.4, 0.5) is 5.82 Å². The van der Waals surface area contributed by atoms with E-state index in [1.807, 2.05) is 25.1 Å². The molecule has 4 rings (SSSR count). The number of aromatic nitrogens is 2. The summed E-state index contributed by atoms with van der Waals surface area (Å²) in [7, 11) is 0. The molecule has 0 aliphatic heterocycles. The van der Waals surface area contributed by atoms with Crippen LogP contribution < -0.4 is 5.32 Å². The number of anilines is 1. The number of hydrogen-bond acceptors (Lipinski definition) is 3. The molecule has 0 aliphatic rings. The van der Waals surface area contributed by atoms with Gasteiger partial charge in [0.15, 0.2) is 0 Å². The van der Waals surface area contributed by atoms with Crippen molar-refractivity contribution in [1.82, 2.24) is 9.97 Å². The van der Waals surface area contributed by atoms with E-state index in [-0.39, 0.29) is 0 Å². The van der Waals surface area contributed by atoms with Gasteiger partial charge in [-0.05, 0) is 29.7 Å². The average Bonchev–Trinajstić information content (AvgIpc) is 2.67. The second-order valence-corrected chi connectivity index (χ2v) is 6.02. The van der Waals surface area contributed by atoms with E-state index < -0.39 is 0 Å². The van der Waals surface area contributed by atoms with Crippen LogP contribution in [0.1, 0.15) is 11.4 Å². The molecule has 0 amide bonds. The quantitative estimate of drug-likeness (QED) is 0.559. The Morgan fingerprint density at radius 3 is 2.24 bits per heavy atom. The third-order valence-electron chi connectivity index (χ3n) is 4.22. The van der Waals surface area contributed by atoms with Crippen molar-refractivity contribution >= 4 is 16.7 Å². The maximum atomic E-state index is 4.68. The molecule has 0 unspecified atom stereocenters. The molecule has 1 heterocycles. The van der Waals surface area contributed by atoms with Crippen LogP contribution in [0.25, 0.3) is 22.0 Å². The Bertz CT molecular complexity index is 996. The predicted molar refractivity (Wildman–Crippen MR) is 103 cm³/mol. The highest BCUT2D eigenvalue weighted by Crippen LogP contribution is 2.32. The monoisotopic (exact) mass is 325 g/mol. The molecular formula is C22H19N3. The van der Waals surface area contributed by atoms with Crippen LogP contribution in [0.5, 0.6) is 0 Å². The standard InChI is InChI=1S/C22H19N3/c1-16-24-20-14-8-13-19(18-11-6-3-7-12-18)21(20)22(25-16)23-15-17-9-4-2-5-10-17/h2-14H,15H2,1H3,(H,23,24,25). The van der Waals surface area contributed by atoms with Gasteiger partial charge in [0.2, 0.25) is 0 Å². The molecule has 1 N–H and O–H groups in total. The molecule has 0 bridgehead atoms. The summed E-state index contributed by atoms with van der Waals surface area (Å²) in [5.41, 5.74) is 4.51. The molecule has 122 valence electrons. The van der Waals surface area contributed by atoms with E-state index in [9.17, 15) is 0 Å². The molecule has 0 radical (unpaired) electrons. The van der Waals surface area contributed by atoms with E-state index >= 15 is 0 Å². The number of nitrogens with one attached hydrogen (secondary N) is 1. The van der Waals surface area contributed by atoms with Gasteiger partial charge < -0.3 is 5.32 Å². The van der Waals surface area contributed by atoms with Gasteiger partial charge in [0.25, 0.3) is 0 Å². The lowest BCUT2D eigenvalue weighted by atomic mass is 10.0. The highest BCUT2D eigenvalue weighted by molar-refractivity contribution is 6.01. The van der Waals surface area contributed by atoms with Crippen molar-refractivity contribution in [1.29, 1.82) is 0 Å². The van der Waals surface area contributed by atoms with Crippen molar-refractivity contribution in [3.05, 3.63) is 90.3 Å². The fraction of sp³-hybridized carbons (Fsp3) is 0.0909. The van der Waals surface area contributed by atoms with Crippen molar-refractivity contribution < 1.29 is 0 Å². The minimum absolute atomic E-state index is 0.732. The molecule has 4 aromatic rings. The van der Waals surface area contributed by atoms with Crippen LogP contribution in [0.15, 0.2) is 78.9 Å². The van der Waals surface area contributed by atoms with Gasteiger partial charge in [-0.25, -0.2) is 9.97 Å². The zero-order valence-electron chi connectivity index (χ0n) is 14.1. The zero-order valence-corrected chi connectivity index (χ0v) is 14.1. The maximum absolute atomic E-state index is 4.68. The number of fused-ring (bicyclic) bond motifs is 1. The van der Waals surface area contributed by atoms with Crippen molar-refractivity contribution in [2.45, 2.75) is 13.5 Å². The van der Waals surface area contributed by atoms with Crippen molar-refractivity contribution in [2.24, 2.45) is 0 Å². The first-order chi connectivity index (χ1) is 12.3. The van der Waals surface area contributed by atoms with E-state index in [4.69, 9.17) is 0 Å². The summed E-state index contributed by atoms with van der Waals surface area (Å²) in [6, 6.07) is 27.0. The third kappa shape index (κ3) is 3.22. The van der Waals surface area contributed by atoms with Gasteiger partial charge in [0.05, 0.1) is 10.9 Å². The zero-order chi connectivity index (χ0) is 17.1. The van der Waals surface area contributed by atoms with Crippen LogP contribution in [-0.4, -0.2) is 9.97 Å². The minimum Gasteiger partial charge on any atom is -0.365 e. The number of nitrogens with zero attached hydrogens (tertiary/aromatic N) is 2. The predicted octanol–water partition coefficient (Wildman–Crippen LogP) is 5.22. The second-order valence-electron chi connectivity index (χ2n) is 6.02. The highest BCUT2D eigenvalue weighted by Gasteiger charge is 2.11. The molecule has 3 heteroatoms. The van der Waals surface area contributed by atoms with Crippen LogP contribution >= 0.6 is 0 Å². The normalized spacial score (nSPS) is 10.8. The number of aryl methyl sites for hydroxylation is 1. The molecule has 0 saturated carbocycles. The van der Waals surface area contributed by atoms with Gasteiger partial charge >= 0.3 is 0 Å². The summed E-state index contributed by atoms with van der Waals surface area (Å²) >= 11 is 0. The largest absolute Gasteiger partial charge is 0.365 e. The lowest BCUT2D eigenvalue weighted by Crippen LogP contribution is -2.05. The van der Waals surface area contributed by atoms with E-state index in [0.29, 0.717) is 0 Å². The number of rotatable bonds is 4. The molecule has 0 aliphatic carbocycles. The Hall–Kier alpha value is -3.20. The molecule has 0 spiro atoms. The summed E-state index contributed by atoms with van der Waals surface area (Å²) in [6.45, 7) is 2.66. The Labute approximate surface area is 147 Å². The molecule has 0 atom stereocenters. The lowest BCUT2D eigenvalue weighted by molar-refractivity contribution is 1.05. The van der Waals surface area contributed by atoms with Gasteiger partial charge in [0.1, 0.15) is 11.6 Å².